The van der Waals surface area contributed by atoms with Crippen LogP contribution in [0.5, 0.6) is 0 Å². The molecule has 0 bridgehead atoms. The van der Waals surface area contributed by atoms with Crippen molar-refractivity contribution in [3.05, 3.63) is 29.8 Å². The molecule has 0 aromatic carbocycles. The number of aliphatic hydroxyl groups is 1. The van der Waals surface area contributed by atoms with Gasteiger partial charge in [0, 0.05) is 5.69 Å². The van der Waals surface area contributed by atoms with Crippen LogP contribution in [-0.4, -0.2) is 14.9 Å². The Morgan fingerprint density at radius 2 is 2.64 bits per heavy atom. The molecule has 1 aromatic rings. The highest BCUT2D eigenvalue weighted by Crippen LogP contribution is 2.02. The van der Waals surface area contributed by atoms with Crippen LogP contribution in [0.15, 0.2) is 18.4 Å². The van der Waals surface area contributed by atoms with E-state index in [0.29, 0.717) is 5.69 Å². The molecule has 0 radical (unpaired) electrons. The number of hydrogen-bond acceptors (Lipinski definition) is 2. The zero-order valence-corrected chi connectivity index (χ0v) is 6.41. The van der Waals surface area contributed by atoms with E-state index in [2.05, 4.69) is 17.4 Å². The molecule has 0 atom stereocenters. The molecule has 0 aliphatic heterocycles. The van der Waals surface area contributed by atoms with E-state index >= 15 is 0 Å². The van der Waals surface area contributed by atoms with Gasteiger partial charge in [0.05, 0.1) is 18.5 Å². The number of nitrogens with zero attached hydrogens (tertiary/aromatic N) is 2. The lowest BCUT2D eigenvalue weighted by Gasteiger charge is -1.90. The first-order valence-electron chi connectivity index (χ1n) is 3.29. The van der Waals surface area contributed by atoms with Crippen molar-refractivity contribution >= 4 is 6.20 Å². The van der Waals surface area contributed by atoms with Gasteiger partial charge in [-0.2, -0.15) is 5.10 Å². The highest BCUT2D eigenvalue weighted by Gasteiger charge is 1.98. The van der Waals surface area contributed by atoms with Crippen LogP contribution in [0.25, 0.3) is 6.20 Å². The first-order valence-corrected chi connectivity index (χ1v) is 3.29. The Bertz CT molecular complexity index is 295. The van der Waals surface area contributed by atoms with Crippen LogP contribution in [-0.2, 0) is 6.61 Å². The average molecular weight is 150 g/mol. The average Bonchev–Trinajstić information content (AvgIpc) is 2.33. The minimum absolute atomic E-state index is 0.0289. The number of rotatable bonds is 2. The maximum absolute atomic E-state index is 8.72. The molecular formula is C8H10N2O. The fourth-order valence-electron chi connectivity index (χ4n) is 0.848. The third kappa shape index (κ3) is 1.58. The van der Waals surface area contributed by atoms with Crippen molar-refractivity contribution in [1.82, 2.24) is 9.78 Å². The first kappa shape index (κ1) is 7.79. The Labute approximate surface area is 65.3 Å². The van der Waals surface area contributed by atoms with Crippen LogP contribution in [0.1, 0.15) is 11.4 Å². The van der Waals surface area contributed by atoms with Crippen molar-refractivity contribution in [3.63, 3.8) is 0 Å². The van der Waals surface area contributed by atoms with Crippen LogP contribution in [0.2, 0.25) is 0 Å². The van der Waals surface area contributed by atoms with Gasteiger partial charge < -0.3 is 5.11 Å². The molecule has 1 rings (SSSR count). The molecule has 3 heteroatoms. The van der Waals surface area contributed by atoms with Gasteiger partial charge in [0.2, 0.25) is 0 Å². The van der Waals surface area contributed by atoms with Gasteiger partial charge in [0.1, 0.15) is 0 Å². The third-order valence-electron chi connectivity index (χ3n) is 1.35. The van der Waals surface area contributed by atoms with Gasteiger partial charge in [-0.05, 0) is 13.0 Å². The second-order valence-electron chi connectivity index (χ2n) is 2.21. The topological polar surface area (TPSA) is 38.0 Å². The lowest BCUT2D eigenvalue weighted by molar-refractivity contribution is 0.276. The molecule has 0 aliphatic carbocycles. The molecule has 0 saturated carbocycles. The predicted molar refractivity (Wildman–Crippen MR) is 42.8 cm³/mol. The molecule has 0 amide bonds. The monoisotopic (exact) mass is 150 g/mol. The summed E-state index contributed by atoms with van der Waals surface area (Å²) in [5, 5.41) is 12.7. The van der Waals surface area contributed by atoms with Crippen molar-refractivity contribution in [1.29, 1.82) is 0 Å². The zero-order valence-electron chi connectivity index (χ0n) is 6.41. The molecule has 0 unspecified atom stereocenters. The molecule has 58 valence electrons. The minimum atomic E-state index is -0.0289. The molecule has 0 saturated heterocycles. The van der Waals surface area contributed by atoms with E-state index in [4.69, 9.17) is 5.11 Å². The van der Waals surface area contributed by atoms with E-state index < -0.39 is 0 Å². The van der Waals surface area contributed by atoms with Gasteiger partial charge in [0.25, 0.3) is 0 Å². The largest absolute Gasteiger partial charge is 0.390 e. The van der Waals surface area contributed by atoms with Crippen LogP contribution in [0.4, 0.5) is 0 Å². The quantitative estimate of drug-likeness (QED) is 0.637. The molecule has 0 fully saturated rings. The van der Waals surface area contributed by atoms with E-state index in [0.717, 1.165) is 5.69 Å². The summed E-state index contributed by atoms with van der Waals surface area (Å²) in [5.41, 5.74) is 4.23. The van der Waals surface area contributed by atoms with Crippen molar-refractivity contribution in [2.45, 2.75) is 13.5 Å². The smallest absolute Gasteiger partial charge is 0.0886 e. The van der Waals surface area contributed by atoms with E-state index in [1.54, 1.807) is 10.9 Å². The second kappa shape index (κ2) is 3.19. The van der Waals surface area contributed by atoms with Crippen LogP contribution in [0, 0.1) is 6.92 Å². The molecule has 11 heavy (non-hydrogen) atoms. The van der Waals surface area contributed by atoms with E-state index in [1.807, 2.05) is 13.0 Å². The summed E-state index contributed by atoms with van der Waals surface area (Å²) < 4.78 is 1.62. The molecule has 1 heterocycles. The Morgan fingerprint density at radius 3 is 3.09 bits per heavy atom. The predicted octanol–water partition coefficient (Wildman–Crippen LogP) is 0.939. The lowest BCUT2D eigenvalue weighted by atomic mass is 10.4. The Balaban J connectivity index is 3.06. The standard InChI is InChI=1S/C8H10N2O/c1-3-4-10-7(2)5-8(6-11)9-10/h4-5,11H,1,6H2,2H3. The van der Waals surface area contributed by atoms with Gasteiger partial charge in [-0.3, -0.25) is 0 Å². The van der Waals surface area contributed by atoms with E-state index in [9.17, 15) is 0 Å². The van der Waals surface area contributed by atoms with Crippen molar-refractivity contribution in [2.24, 2.45) is 0 Å². The molecule has 1 aromatic heterocycles. The van der Waals surface area contributed by atoms with Crippen molar-refractivity contribution < 1.29 is 5.11 Å². The Hall–Kier alpha value is -1.31. The highest BCUT2D eigenvalue weighted by atomic mass is 16.3. The van der Waals surface area contributed by atoms with Crippen LogP contribution < -0.4 is 0 Å². The molecule has 3 nitrogen and oxygen atoms in total. The Morgan fingerprint density at radius 1 is 1.91 bits per heavy atom. The summed E-state index contributed by atoms with van der Waals surface area (Å²) in [5.74, 6) is 0. The summed E-state index contributed by atoms with van der Waals surface area (Å²) in [6, 6.07) is 1.81. The third-order valence-corrected chi connectivity index (χ3v) is 1.35. The summed E-state index contributed by atoms with van der Waals surface area (Å²) in [4.78, 5) is 0. The van der Waals surface area contributed by atoms with Crippen molar-refractivity contribution in [2.75, 3.05) is 0 Å². The molecule has 0 spiro atoms. The number of hydrogen-bond donors (Lipinski definition) is 1. The summed E-state index contributed by atoms with van der Waals surface area (Å²) in [6.45, 7) is 5.30. The first-order chi connectivity index (χ1) is 5.27. The van der Waals surface area contributed by atoms with Gasteiger partial charge in [-0.15, -0.1) is 5.73 Å². The normalized spacial score (nSPS) is 9.27. The Kier molecular flexibility index (Phi) is 2.26. The fraction of sp³-hybridized carbons (Fsp3) is 0.250. The summed E-state index contributed by atoms with van der Waals surface area (Å²) in [7, 11) is 0. The zero-order chi connectivity index (χ0) is 8.27. The SMILES string of the molecule is C=C=Cn1nc(CO)cc1C. The number of aliphatic hydroxyl groups excluding tert-OH is 1. The lowest BCUT2D eigenvalue weighted by Crippen LogP contribution is -1.91. The van der Waals surface area contributed by atoms with E-state index in [-0.39, 0.29) is 6.61 Å². The minimum Gasteiger partial charge on any atom is -0.390 e. The van der Waals surface area contributed by atoms with Gasteiger partial charge in [0.15, 0.2) is 0 Å². The molecule has 0 aliphatic rings. The maximum Gasteiger partial charge on any atom is 0.0886 e. The number of aromatic nitrogens is 2. The number of aryl methyl sites for hydroxylation is 1. The molecule has 1 N–H and O–H groups in total. The highest BCUT2D eigenvalue weighted by molar-refractivity contribution is 5.24. The van der Waals surface area contributed by atoms with Gasteiger partial charge in [-0.25, -0.2) is 4.68 Å². The van der Waals surface area contributed by atoms with Crippen LogP contribution in [0.3, 0.4) is 0 Å². The van der Waals surface area contributed by atoms with Crippen LogP contribution >= 0.6 is 0 Å². The molecular weight excluding hydrogens is 140 g/mol. The van der Waals surface area contributed by atoms with E-state index in [1.165, 1.54) is 0 Å². The second-order valence-corrected chi connectivity index (χ2v) is 2.21. The summed E-state index contributed by atoms with van der Waals surface area (Å²) in [6.07, 6.45) is 1.62. The summed E-state index contributed by atoms with van der Waals surface area (Å²) >= 11 is 0. The maximum atomic E-state index is 8.72. The van der Waals surface area contributed by atoms with Gasteiger partial charge >= 0.3 is 0 Å². The fourth-order valence-corrected chi connectivity index (χ4v) is 0.848. The van der Waals surface area contributed by atoms with Gasteiger partial charge in [-0.1, -0.05) is 6.58 Å². The van der Waals surface area contributed by atoms with Crippen molar-refractivity contribution in [3.8, 4) is 0 Å².